The first kappa shape index (κ1) is 9.54. The van der Waals surface area contributed by atoms with Crippen molar-refractivity contribution in [2.45, 2.75) is 12.8 Å². The van der Waals surface area contributed by atoms with Crippen LogP contribution < -0.4 is 0 Å². The molecule has 1 aromatic carbocycles. The van der Waals surface area contributed by atoms with Gasteiger partial charge in [-0.05, 0) is 29.7 Å². The van der Waals surface area contributed by atoms with E-state index in [1.807, 2.05) is 49.6 Å². The summed E-state index contributed by atoms with van der Waals surface area (Å²) < 4.78 is 0. The van der Waals surface area contributed by atoms with Gasteiger partial charge in [-0.3, -0.25) is 0 Å². The number of rotatable bonds is 2. The van der Waals surface area contributed by atoms with Crippen LogP contribution in [-0.2, 0) is 0 Å². The molecule has 0 saturated heterocycles. The van der Waals surface area contributed by atoms with E-state index in [1.165, 1.54) is 0 Å². The molecule has 2 nitrogen and oxygen atoms in total. The third-order valence-corrected chi connectivity index (χ3v) is 2.58. The van der Waals surface area contributed by atoms with Gasteiger partial charge in [0.2, 0.25) is 0 Å². The Morgan fingerprint density at radius 2 is 2.07 bits per heavy atom. The highest BCUT2D eigenvalue weighted by molar-refractivity contribution is 5.41. The second kappa shape index (κ2) is 4.02. The van der Waals surface area contributed by atoms with E-state index in [4.69, 9.17) is 0 Å². The molecule has 0 radical (unpaired) electrons. The van der Waals surface area contributed by atoms with Gasteiger partial charge in [-0.25, -0.2) is 0 Å². The van der Waals surface area contributed by atoms with E-state index in [2.05, 4.69) is 11.1 Å². The monoisotopic (exact) mass is 196 g/mol. The average Bonchev–Trinajstić information content (AvgIpc) is 2.75. The van der Waals surface area contributed by atoms with Gasteiger partial charge in [0.15, 0.2) is 0 Å². The third kappa shape index (κ3) is 1.77. The highest BCUT2D eigenvalue weighted by atomic mass is 14.6. The first-order chi connectivity index (χ1) is 7.33. The molecule has 1 aromatic heterocycles. The Labute approximate surface area is 89.2 Å². The Morgan fingerprint density at radius 1 is 1.27 bits per heavy atom. The van der Waals surface area contributed by atoms with E-state index >= 15 is 0 Å². The molecule has 2 aromatic rings. The first-order valence-electron chi connectivity index (χ1n) is 4.91. The van der Waals surface area contributed by atoms with Gasteiger partial charge in [0.05, 0.1) is 12.0 Å². The van der Waals surface area contributed by atoms with Crippen molar-refractivity contribution in [2.75, 3.05) is 0 Å². The maximum atomic E-state index is 9.21. The number of aryl methyl sites for hydroxylation is 1. The number of nitrogens with zero attached hydrogens (tertiary/aromatic N) is 1. The molecule has 0 amide bonds. The smallest absolute Gasteiger partial charge is 0.0979 e. The highest BCUT2D eigenvalue weighted by Gasteiger charge is 2.14. The van der Waals surface area contributed by atoms with Crippen molar-refractivity contribution in [3.63, 3.8) is 0 Å². The van der Waals surface area contributed by atoms with Crippen LogP contribution in [0.5, 0.6) is 0 Å². The Kier molecular flexibility index (Phi) is 2.55. The molecule has 1 N–H and O–H groups in total. The fraction of sp³-hybridized carbons (Fsp3) is 0.154. The standard InChI is InChI=1S/C13H12N2/c1-10-4-2-3-5-12(10)13(8-14)11-6-7-15-9-11/h2-7,9,13,15H,1H3. The Bertz CT molecular complexity index is 477. The molecule has 2 heteroatoms. The van der Waals surface area contributed by atoms with Gasteiger partial charge in [0.1, 0.15) is 0 Å². The fourth-order valence-electron chi connectivity index (χ4n) is 1.75. The highest BCUT2D eigenvalue weighted by Crippen LogP contribution is 2.25. The van der Waals surface area contributed by atoms with Crippen LogP contribution in [0.2, 0.25) is 0 Å². The van der Waals surface area contributed by atoms with E-state index < -0.39 is 0 Å². The molecule has 15 heavy (non-hydrogen) atoms. The lowest BCUT2D eigenvalue weighted by atomic mass is 9.91. The number of nitrogens with one attached hydrogen (secondary N) is 1. The van der Waals surface area contributed by atoms with Crippen molar-refractivity contribution < 1.29 is 0 Å². The maximum absolute atomic E-state index is 9.21. The van der Waals surface area contributed by atoms with Crippen LogP contribution in [0.1, 0.15) is 22.6 Å². The lowest BCUT2D eigenvalue weighted by molar-refractivity contribution is 1.02. The first-order valence-corrected chi connectivity index (χ1v) is 4.91. The molecule has 74 valence electrons. The summed E-state index contributed by atoms with van der Waals surface area (Å²) in [5.41, 5.74) is 3.26. The minimum absolute atomic E-state index is 0.169. The predicted octanol–water partition coefficient (Wildman–Crippen LogP) is 2.98. The van der Waals surface area contributed by atoms with Gasteiger partial charge in [-0.1, -0.05) is 24.3 Å². The maximum Gasteiger partial charge on any atom is 0.0979 e. The molecule has 2 rings (SSSR count). The SMILES string of the molecule is Cc1ccccc1C(C#N)c1cc[nH]c1. The molecule has 1 heterocycles. The lowest BCUT2D eigenvalue weighted by Crippen LogP contribution is -1.98. The molecule has 0 aliphatic heterocycles. The zero-order valence-electron chi connectivity index (χ0n) is 8.57. The van der Waals surface area contributed by atoms with Crippen LogP contribution in [0.3, 0.4) is 0 Å². The second-order valence-electron chi connectivity index (χ2n) is 3.56. The van der Waals surface area contributed by atoms with E-state index in [0.717, 1.165) is 16.7 Å². The second-order valence-corrected chi connectivity index (χ2v) is 3.56. The van der Waals surface area contributed by atoms with Crippen molar-refractivity contribution in [1.29, 1.82) is 5.26 Å². The van der Waals surface area contributed by atoms with E-state index in [1.54, 1.807) is 0 Å². The molecular formula is C13H12N2. The molecule has 0 spiro atoms. The van der Waals surface area contributed by atoms with Crippen LogP contribution in [0.4, 0.5) is 0 Å². The summed E-state index contributed by atoms with van der Waals surface area (Å²) >= 11 is 0. The molecule has 0 fully saturated rings. The number of nitriles is 1. The van der Waals surface area contributed by atoms with Crippen LogP contribution in [0, 0.1) is 18.3 Å². The molecule has 0 bridgehead atoms. The Morgan fingerprint density at radius 3 is 2.67 bits per heavy atom. The van der Waals surface area contributed by atoms with Gasteiger partial charge in [-0.2, -0.15) is 5.26 Å². The number of aromatic amines is 1. The zero-order valence-corrected chi connectivity index (χ0v) is 8.57. The summed E-state index contributed by atoms with van der Waals surface area (Å²) in [5.74, 6) is -0.169. The van der Waals surface area contributed by atoms with Gasteiger partial charge < -0.3 is 4.98 Å². The van der Waals surface area contributed by atoms with Crippen molar-refractivity contribution in [3.8, 4) is 6.07 Å². The van der Waals surface area contributed by atoms with Crippen molar-refractivity contribution >= 4 is 0 Å². The van der Waals surface area contributed by atoms with Crippen molar-refractivity contribution in [2.24, 2.45) is 0 Å². The molecule has 0 aliphatic rings. The molecule has 0 aliphatic carbocycles. The summed E-state index contributed by atoms with van der Waals surface area (Å²) in [7, 11) is 0. The van der Waals surface area contributed by atoms with Crippen LogP contribution in [0.15, 0.2) is 42.7 Å². The fourth-order valence-corrected chi connectivity index (χ4v) is 1.75. The van der Waals surface area contributed by atoms with Crippen LogP contribution in [0.25, 0.3) is 0 Å². The molecule has 1 unspecified atom stereocenters. The van der Waals surface area contributed by atoms with Crippen LogP contribution >= 0.6 is 0 Å². The van der Waals surface area contributed by atoms with Crippen molar-refractivity contribution in [1.82, 2.24) is 4.98 Å². The number of benzene rings is 1. The zero-order chi connectivity index (χ0) is 10.7. The van der Waals surface area contributed by atoms with Crippen molar-refractivity contribution in [3.05, 3.63) is 59.4 Å². The Hall–Kier alpha value is -2.01. The molecule has 1 atom stereocenters. The molecular weight excluding hydrogens is 184 g/mol. The topological polar surface area (TPSA) is 39.6 Å². The largest absolute Gasteiger partial charge is 0.367 e. The summed E-state index contributed by atoms with van der Waals surface area (Å²) in [6, 6.07) is 12.3. The summed E-state index contributed by atoms with van der Waals surface area (Å²) in [6.07, 6.45) is 3.72. The normalized spacial score (nSPS) is 12.0. The molecule has 0 saturated carbocycles. The number of hydrogen-bond donors (Lipinski definition) is 1. The minimum Gasteiger partial charge on any atom is -0.367 e. The van der Waals surface area contributed by atoms with E-state index in [0.29, 0.717) is 0 Å². The van der Waals surface area contributed by atoms with E-state index in [-0.39, 0.29) is 5.92 Å². The summed E-state index contributed by atoms with van der Waals surface area (Å²) in [6.45, 7) is 2.03. The number of hydrogen-bond acceptors (Lipinski definition) is 1. The Balaban J connectivity index is 2.46. The van der Waals surface area contributed by atoms with Crippen LogP contribution in [-0.4, -0.2) is 4.98 Å². The number of aromatic nitrogens is 1. The van der Waals surface area contributed by atoms with E-state index in [9.17, 15) is 5.26 Å². The summed E-state index contributed by atoms with van der Waals surface area (Å²) in [5, 5.41) is 9.21. The lowest BCUT2D eigenvalue weighted by Gasteiger charge is -2.10. The minimum atomic E-state index is -0.169. The average molecular weight is 196 g/mol. The van der Waals surface area contributed by atoms with Gasteiger partial charge in [0.25, 0.3) is 0 Å². The quantitative estimate of drug-likeness (QED) is 0.788. The third-order valence-electron chi connectivity index (χ3n) is 2.58. The predicted molar refractivity (Wildman–Crippen MR) is 59.4 cm³/mol. The van der Waals surface area contributed by atoms with Gasteiger partial charge in [0, 0.05) is 12.4 Å². The van der Waals surface area contributed by atoms with Gasteiger partial charge >= 0.3 is 0 Å². The van der Waals surface area contributed by atoms with Gasteiger partial charge in [-0.15, -0.1) is 0 Å². The summed E-state index contributed by atoms with van der Waals surface area (Å²) in [4.78, 5) is 2.98. The number of H-pyrrole nitrogens is 1.